The summed E-state index contributed by atoms with van der Waals surface area (Å²) in [5.41, 5.74) is -0.944. The van der Waals surface area contributed by atoms with Crippen LogP contribution >= 0.6 is 0 Å². The zero-order chi connectivity index (χ0) is 15.7. The Morgan fingerprint density at radius 2 is 2.05 bits per heavy atom. The average Bonchev–Trinajstić information content (AvgIpc) is 2.55. The van der Waals surface area contributed by atoms with Crippen molar-refractivity contribution in [2.75, 3.05) is 6.61 Å². The Morgan fingerprint density at radius 1 is 1.33 bits per heavy atom. The molecule has 0 aromatic heterocycles. The van der Waals surface area contributed by atoms with E-state index in [9.17, 15) is 15.3 Å². The van der Waals surface area contributed by atoms with Crippen molar-refractivity contribution in [1.82, 2.24) is 0 Å². The Labute approximate surface area is 127 Å². The first kappa shape index (κ1) is 16.9. The first-order chi connectivity index (χ1) is 9.80. The van der Waals surface area contributed by atoms with Crippen LogP contribution in [-0.4, -0.2) is 39.4 Å². The summed E-state index contributed by atoms with van der Waals surface area (Å²) in [4.78, 5) is 0. The molecule has 0 amide bonds. The maximum Gasteiger partial charge on any atom is 0.162 e. The van der Waals surface area contributed by atoms with Crippen LogP contribution in [0.2, 0.25) is 0 Å². The van der Waals surface area contributed by atoms with Crippen molar-refractivity contribution < 1.29 is 20.1 Å². The normalized spacial score (nSPS) is 43.5. The fourth-order valence-electron chi connectivity index (χ4n) is 4.16. The molecule has 2 fully saturated rings. The van der Waals surface area contributed by atoms with Crippen LogP contribution in [-0.2, 0) is 4.74 Å². The summed E-state index contributed by atoms with van der Waals surface area (Å²) in [6.07, 6.45) is 6.02. The summed E-state index contributed by atoms with van der Waals surface area (Å²) in [5, 5.41) is 31.7. The van der Waals surface area contributed by atoms with Crippen molar-refractivity contribution >= 4 is 0 Å². The van der Waals surface area contributed by atoms with Crippen molar-refractivity contribution in [3.05, 3.63) is 12.7 Å². The molecule has 0 aromatic carbocycles. The van der Waals surface area contributed by atoms with E-state index in [1.54, 1.807) is 13.0 Å². The molecule has 1 aliphatic heterocycles. The highest BCUT2D eigenvalue weighted by atomic mass is 16.6. The molecular weight excluding hydrogens is 268 g/mol. The first-order valence-electron chi connectivity index (χ1n) is 8.18. The lowest BCUT2D eigenvalue weighted by Gasteiger charge is -2.48. The van der Waals surface area contributed by atoms with E-state index >= 15 is 0 Å². The van der Waals surface area contributed by atoms with Crippen molar-refractivity contribution in [2.45, 2.75) is 69.9 Å². The summed E-state index contributed by atoms with van der Waals surface area (Å²) >= 11 is 0. The van der Waals surface area contributed by atoms with Crippen molar-refractivity contribution in [3.63, 3.8) is 0 Å². The number of hydrogen-bond acceptors (Lipinski definition) is 4. The molecule has 0 bridgehead atoms. The highest BCUT2D eigenvalue weighted by Crippen LogP contribution is 2.48. The number of aliphatic hydroxyl groups is 3. The lowest BCUT2D eigenvalue weighted by Crippen LogP contribution is -2.54. The maximum atomic E-state index is 11.3. The second-order valence-corrected chi connectivity index (χ2v) is 7.18. The van der Waals surface area contributed by atoms with Gasteiger partial charge in [0.25, 0.3) is 0 Å². The Balaban J connectivity index is 2.19. The van der Waals surface area contributed by atoms with Crippen LogP contribution in [0.3, 0.4) is 0 Å². The summed E-state index contributed by atoms with van der Waals surface area (Å²) in [6, 6.07) is 0. The Morgan fingerprint density at radius 3 is 2.71 bits per heavy atom. The van der Waals surface area contributed by atoms with E-state index in [2.05, 4.69) is 6.58 Å². The van der Waals surface area contributed by atoms with E-state index in [0.29, 0.717) is 12.8 Å². The lowest BCUT2D eigenvalue weighted by molar-refractivity contribution is -0.228. The number of rotatable bonds is 4. The van der Waals surface area contributed by atoms with Gasteiger partial charge in [-0.2, -0.15) is 0 Å². The standard InChI is InChI=1S/C17H30O4/c1-4-6-15(18)12(2)14-8-5-7-13-9-10-16(3,19)21-11-17(13,14)20/h4,12-15,18-20H,1,5-11H2,2-3H3/t12?,13?,14-,15?,16-,17+/m0/s1. The summed E-state index contributed by atoms with van der Waals surface area (Å²) in [7, 11) is 0. The van der Waals surface area contributed by atoms with Crippen LogP contribution in [0, 0.1) is 17.8 Å². The molecule has 1 saturated carbocycles. The van der Waals surface area contributed by atoms with Gasteiger partial charge in [0, 0.05) is 6.42 Å². The quantitative estimate of drug-likeness (QED) is 0.696. The molecule has 1 saturated heterocycles. The van der Waals surface area contributed by atoms with E-state index in [-0.39, 0.29) is 24.4 Å². The van der Waals surface area contributed by atoms with Crippen molar-refractivity contribution in [3.8, 4) is 0 Å². The number of aliphatic hydroxyl groups excluding tert-OH is 1. The number of hydrogen-bond donors (Lipinski definition) is 3. The van der Waals surface area contributed by atoms with Gasteiger partial charge in [-0.15, -0.1) is 6.58 Å². The van der Waals surface area contributed by atoms with Crippen LogP contribution in [0.5, 0.6) is 0 Å². The molecule has 6 atom stereocenters. The third-order valence-electron chi connectivity index (χ3n) is 5.64. The Bertz CT molecular complexity index is 368. The molecular formula is C17H30O4. The van der Waals surface area contributed by atoms with Crippen LogP contribution in [0.15, 0.2) is 12.7 Å². The molecule has 1 aliphatic carbocycles. The third kappa shape index (κ3) is 3.50. The molecule has 122 valence electrons. The molecule has 1 heterocycles. The fraction of sp³-hybridized carbons (Fsp3) is 0.882. The molecule has 3 N–H and O–H groups in total. The van der Waals surface area contributed by atoms with Gasteiger partial charge < -0.3 is 20.1 Å². The van der Waals surface area contributed by atoms with Gasteiger partial charge in [0.15, 0.2) is 5.79 Å². The summed E-state index contributed by atoms with van der Waals surface area (Å²) in [5.74, 6) is -1.02. The van der Waals surface area contributed by atoms with Gasteiger partial charge in [0.05, 0.1) is 18.3 Å². The topological polar surface area (TPSA) is 69.9 Å². The molecule has 4 heteroatoms. The lowest BCUT2D eigenvalue weighted by atomic mass is 9.62. The van der Waals surface area contributed by atoms with Crippen LogP contribution in [0.25, 0.3) is 0 Å². The predicted molar refractivity (Wildman–Crippen MR) is 81.6 cm³/mol. The zero-order valence-electron chi connectivity index (χ0n) is 13.3. The Kier molecular flexibility index (Phi) is 5.14. The van der Waals surface area contributed by atoms with Crippen LogP contribution in [0.1, 0.15) is 52.4 Å². The highest BCUT2D eigenvalue weighted by Gasteiger charge is 2.52. The van der Waals surface area contributed by atoms with Gasteiger partial charge in [-0.3, -0.25) is 0 Å². The van der Waals surface area contributed by atoms with Gasteiger partial charge in [0.2, 0.25) is 0 Å². The van der Waals surface area contributed by atoms with Crippen molar-refractivity contribution in [1.29, 1.82) is 0 Å². The molecule has 0 radical (unpaired) electrons. The van der Waals surface area contributed by atoms with Gasteiger partial charge in [-0.1, -0.05) is 19.4 Å². The minimum absolute atomic E-state index is 0.0000926. The molecule has 2 rings (SSSR count). The average molecular weight is 298 g/mol. The zero-order valence-corrected chi connectivity index (χ0v) is 13.3. The van der Waals surface area contributed by atoms with Gasteiger partial charge in [0.1, 0.15) is 0 Å². The van der Waals surface area contributed by atoms with Gasteiger partial charge in [-0.25, -0.2) is 0 Å². The minimum Gasteiger partial charge on any atom is -0.393 e. The number of ether oxygens (including phenoxy) is 1. The van der Waals surface area contributed by atoms with E-state index < -0.39 is 17.5 Å². The smallest absolute Gasteiger partial charge is 0.162 e. The molecule has 0 aromatic rings. The second kappa shape index (κ2) is 6.37. The van der Waals surface area contributed by atoms with E-state index in [0.717, 1.165) is 25.7 Å². The summed E-state index contributed by atoms with van der Waals surface area (Å²) < 4.78 is 5.59. The van der Waals surface area contributed by atoms with E-state index in [4.69, 9.17) is 4.74 Å². The second-order valence-electron chi connectivity index (χ2n) is 7.18. The minimum atomic E-state index is -1.15. The molecule has 0 spiro atoms. The summed E-state index contributed by atoms with van der Waals surface area (Å²) in [6.45, 7) is 7.50. The molecule has 2 aliphatic rings. The highest BCUT2D eigenvalue weighted by molar-refractivity contribution is 5.01. The van der Waals surface area contributed by atoms with Gasteiger partial charge >= 0.3 is 0 Å². The van der Waals surface area contributed by atoms with E-state index in [1.807, 2.05) is 6.92 Å². The van der Waals surface area contributed by atoms with Gasteiger partial charge in [-0.05, 0) is 50.4 Å². The monoisotopic (exact) mass is 298 g/mol. The fourth-order valence-corrected chi connectivity index (χ4v) is 4.16. The van der Waals surface area contributed by atoms with Crippen LogP contribution < -0.4 is 0 Å². The maximum absolute atomic E-state index is 11.3. The van der Waals surface area contributed by atoms with E-state index in [1.165, 1.54) is 0 Å². The SMILES string of the molecule is C=CCC(O)C(C)[C@@H]1CCCC2CC[C@@](C)(O)OC[C@@]21O. The largest absolute Gasteiger partial charge is 0.393 e. The molecule has 3 unspecified atom stereocenters. The number of fused-ring (bicyclic) bond motifs is 1. The Hall–Kier alpha value is -0.420. The molecule has 21 heavy (non-hydrogen) atoms. The predicted octanol–water partition coefficient (Wildman–Crippen LogP) is 2.23. The molecule has 4 nitrogen and oxygen atoms in total. The first-order valence-corrected chi connectivity index (χ1v) is 8.18. The third-order valence-corrected chi connectivity index (χ3v) is 5.64. The van der Waals surface area contributed by atoms with Crippen molar-refractivity contribution in [2.24, 2.45) is 17.8 Å². The van der Waals surface area contributed by atoms with Crippen LogP contribution in [0.4, 0.5) is 0 Å².